The van der Waals surface area contributed by atoms with Crippen LogP contribution in [0.3, 0.4) is 0 Å². The van der Waals surface area contributed by atoms with Crippen molar-refractivity contribution in [3.8, 4) is 34.3 Å². The smallest absolute Gasteiger partial charge is 0.229 e. The average Bonchev–Trinajstić information content (AvgIpc) is 3.13. The average molecular weight is 757 g/mol. The van der Waals surface area contributed by atoms with Gasteiger partial charge in [-0.3, -0.25) is 4.79 Å². The molecule has 1 aromatic heterocycles. The number of ether oxygens (including phenoxy) is 4. The van der Waals surface area contributed by atoms with Crippen LogP contribution in [0.15, 0.2) is 33.5 Å². The number of aliphatic hydroxyl groups excluding tert-OH is 11. The number of aromatic hydroxyl groups is 3. The van der Waals surface area contributed by atoms with E-state index in [4.69, 9.17) is 23.4 Å². The highest BCUT2D eigenvalue weighted by molar-refractivity contribution is 5.92. The molecule has 3 saturated heterocycles. The fourth-order valence-electron chi connectivity index (χ4n) is 6.77. The zero-order chi connectivity index (χ0) is 38.8. The predicted molar refractivity (Wildman–Crippen MR) is 171 cm³/mol. The molecule has 14 N–H and O–H groups in total. The summed E-state index contributed by atoms with van der Waals surface area (Å²) in [6.07, 6.45) is -28.6. The minimum atomic E-state index is -2.18. The molecule has 0 spiro atoms. The molecular weight excluding hydrogens is 716 g/mol. The lowest BCUT2D eigenvalue weighted by atomic mass is 9.85. The first kappa shape index (κ1) is 39.0. The van der Waals surface area contributed by atoms with Gasteiger partial charge in [0.2, 0.25) is 6.29 Å². The molecule has 292 valence electrons. The van der Waals surface area contributed by atoms with Crippen LogP contribution >= 0.6 is 0 Å². The number of hydrogen-bond acceptors (Lipinski definition) is 20. The van der Waals surface area contributed by atoms with Gasteiger partial charge in [0.1, 0.15) is 102 Å². The molecule has 3 aromatic rings. The maximum Gasteiger partial charge on any atom is 0.229 e. The molecule has 0 bridgehead atoms. The minimum absolute atomic E-state index is 0.0315. The summed E-state index contributed by atoms with van der Waals surface area (Å²) in [4.78, 5) is 14.0. The van der Waals surface area contributed by atoms with E-state index in [9.17, 15) is 76.3 Å². The summed E-state index contributed by atoms with van der Waals surface area (Å²) in [6, 6.07) is 4.14. The number of fused-ring (bicyclic) bond motifs is 1. The third-order valence-corrected chi connectivity index (χ3v) is 9.83. The number of phenols is 3. The Morgan fingerprint density at radius 3 is 1.74 bits per heavy atom. The molecule has 3 aliphatic rings. The second kappa shape index (κ2) is 14.8. The van der Waals surface area contributed by atoms with Crippen LogP contribution in [0.2, 0.25) is 0 Å². The molecule has 0 saturated carbocycles. The van der Waals surface area contributed by atoms with Gasteiger partial charge in [-0.2, -0.15) is 0 Å². The van der Waals surface area contributed by atoms with Gasteiger partial charge in [0.25, 0.3) is 0 Å². The number of phenolic OH excluding ortho intramolecular Hbond substituents is 3. The number of hydrogen-bond donors (Lipinski definition) is 14. The lowest BCUT2D eigenvalue weighted by molar-refractivity contribution is -0.270. The van der Waals surface area contributed by atoms with E-state index in [1.165, 1.54) is 13.0 Å². The third-order valence-electron chi connectivity index (χ3n) is 9.83. The van der Waals surface area contributed by atoms with Gasteiger partial charge in [-0.1, -0.05) is 0 Å². The SMILES string of the molecule is CC1O[C@@H](Oc2c([C@@H]3OC(CO)[C@@H](O)[C@H](O)C3O)c(O)c3c(=O)cc(-c4ccc(O)c(O)c4)oc3c2[C@@H]2OC(CO)[C@@H](O)[C@H](O)C2O)C(O)[C@@H](O)[C@H]1O. The van der Waals surface area contributed by atoms with Crippen molar-refractivity contribution in [2.75, 3.05) is 13.2 Å². The van der Waals surface area contributed by atoms with Crippen molar-refractivity contribution in [1.29, 1.82) is 0 Å². The van der Waals surface area contributed by atoms with Gasteiger partial charge in [-0.15, -0.1) is 0 Å². The molecule has 20 nitrogen and oxygen atoms in total. The topological polar surface area (TPSA) is 350 Å². The zero-order valence-corrected chi connectivity index (χ0v) is 27.6. The summed E-state index contributed by atoms with van der Waals surface area (Å²) < 4.78 is 29.3. The number of aliphatic hydroxyl groups is 11. The Morgan fingerprint density at radius 2 is 1.19 bits per heavy atom. The largest absolute Gasteiger partial charge is 0.506 e. The number of rotatable bonds is 7. The highest BCUT2D eigenvalue weighted by atomic mass is 16.7. The van der Waals surface area contributed by atoms with Crippen LogP contribution in [-0.4, -0.2) is 164 Å². The molecule has 0 radical (unpaired) electrons. The van der Waals surface area contributed by atoms with Crippen LogP contribution in [0.4, 0.5) is 0 Å². The molecule has 6 unspecified atom stereocenters. The van der Waals surface area contributed by atoms with Crippen molar-refractivity contribution in [3.05, 3.63) is 45.6 Å². The van der Waals surface area contributed by atoms with Gasteiger partial charge >= 0.3 is 0 Å². The van der Waals surface area contributed by atoms with Gasteiger partial charge in [0.15, 0.2) is 22.5 Å². The maximum absolute atomic E-state index is 14.0. The van der Waals surface area contributed by atoms with Crippen molar-refractivity contribution in [2.24, 2.45) is 0 Å². The van der Waals surface area contributed by atoms with Crippen molar-refractivity contribution < 1.29 is 94.9 Å². The lowest BCUT2D eigenvalue weighted by Crippen LogP contribution is -2.58. The van der Waals surface area contributed by atoms with Crippen LogP contribution in [0.5, 0.6) is 23.0 Å². The molecule has 3 aliphatic heterocycles. The Labute approximate surface area is 297 Å². The fourth-order valence-corrected chi connectivity index (χ4v) is 6.77. The summed E-state index contributed by atoms with van der Waals surface area (Å²) in [5.41, 5.74) is -3.21. The molecular formula is C33H40O20. The Bertz CT molecular complexity index is 1860. The zero-order valence-electron chi connectivity index (χ0n) is 27.6. The second-order valence-corrected chi connectivity index (χ2v) is 13.2. The Hall–Kier alpha value is -3.71. The first-order valence-electron chi connectivity index (χ1n) is 16.4. The van der Waals surface area contributed by atoms with Gasteiger partial charge in [-0.05, 0) is 25.1 Å². The first-order chi connectivity index (χ1) is 25.0. The molecule has 3 fully saturated rings. The normalized spacial score (nSPS) is 37.8. The Morgan fingerprint density at radius 1 is 0.642 bits per heavy atom. The van der Waals surface area contributed by atoms with E-state index in [2.05, 4.69) is 0 Å². The van der Waals surface area contributed by atoms with E-state index in [-0.39, 0.29) is 11.3 Å². The molecule has 4 heterocycles. The molecule has 0 aliphatic carbocycles. The summed E-state index contributed by atoms with van der Waals surface area (Å²) in [7, 11) is 0. The molecule has 0 amide bonds. The van der Waals surface area contributed by atoms with E-state index >= 15 is 0 Å². The first-order valence-corrected chi connectivity index (χ1v) is 16.4. The van der Waals surface area contributed by atoms with Gasteiger partial charge in [0, 0.05) is 11.6 Å². The lowest BCUT2D eigenvalue weighted by Gasteiger charge is -2.44. The fraction of sp³-hybridized carbons (Fsp3) is 0.545. The van der Waals surface area contributed by atoms with Crippen LogP contribution < -0.4 is 10.2 Å². The standard InChI is InChI=1S/C33H40O20/c1-8-19(39)23(43)28(48)33(49-8)53-30-17(31-26(46)24(44)20(40)14(6-34)51-31)22(42)16-12(38)5-13(9-2-3-10(36)11(37)4-9)50-29(16)18(30)32-27(47)25(45)21(41)15(7-35)52-32/h2-5,8,14-15,19-21,23-28,31-37,39-48H,6-7H2,1H3/t8?,14?,15?,19-,20+,21+,23-,24-,25-,26?,27?,28?,31-,32-,33-/m0/s1. The van der Waals surface area contributed by atoms with Crippen molar-refractivity contribution in [1.82, 2.24) is 0 Å². The van der Waals surface area contributed by atoms with Gasteiger partial charge in [0.05, 0.1) is 30.4 Å². The molecule has 15 atom stereocenters. The van der Waals surface area contributed by atoms with Crippen molar-refractivity contribution >= 4 is 11.0 Å². The highest BCUT2D eigenvalue weighted by Crippen LogP contribution is 2.52. The van der Waals surface area contributed by atoms with Gasteiger partial charge < -0.3 is 94.9 Å². The van der Waals surface area contributed by atoms with E-state index in [0.717, 1.165) is 18.2 Å². The molecule has 53 heavy (non-hydrogen) atoms. The Balaban J connectivity index is 1.72. The van der Waals surface area contributed by atoms with E-state index in [1.54, 1.807) is 0 Å². The monoisotopic (exact) mass is 756 g/mol. The summed E-state index contributed by atoms with van der Waals surface area (Å²) in [6.45, 7) is -0.618. The van der Waals surface area contributed by atoms with Crippen LogP contribution in [0.1, 0.15) is 30.3 Å². The van der Waals surface area contributed by atoms with Crippen LogP contribution in [-0.2, 0) is 14.2 Å². The predicted octanol–water partition coefficient (Wildman–Crippen LogP) is -4.19. The summed E-state index contributed by atoms with van der Waals surface area (Å²) >= 11 is 0. The summed E-state index contributed by atoms with van der Waals surface area (Å²) in [5, 5.41) is 148. The molecule has 20 heteroatoms. The van der Waals surface area contributed by atoms with E-state index in [0.29, 0.717) is 0 Å². The van der Waals surface area contributed by atoms with Crippen LogP contribution in [0.25, 0.3) is 22.3 Å². The van der Waals surface area contributed by atoms with Crippen molar-refractivity contribution in [3.63, 3.8) is 0 Å². The Kier molecular flexibility index (Phi) is 10.9. The quantitative estimate of drug-likeness (QED) is 0.102. The van der Waals surface area contributed by atoms with Gasteiger partial charge in [-0.25, -0.2) is 0 Å². The van der Waals surface area contributed by atoms with Crippen LogP contribution in [0, 0.1) is 0 Å². The van der Waals surface area contributed by atoms with E-state index in [1.807, 2.05) is 0 Å². The summed E-state index contributed by atoms with van der Waals surface area (Å²) in [5.74, 6) is -3.46. The second-order valence-electron chi connectivity index (χ2n) is 13.2. The molecule has 6 rings (SSSR count). The third kappa shape index (κ3) is 6.59. The maximum atomic E-state index is 14.0. The van der Waals surface area contributed by atoms with E-state index < -0.39 is 155 Å². The van der Waals surface area contributed by atoms with Crippen molar-refractivity contribution in [2.45, 2.75) is 98.7 Å². The molecule has 2 aromatic carbocycles. The minimum Gasteiger partial charge on any atom is -0.506 e. The highest BCUT2D eigenvalue weighted by Gasteiger charge is 2.52. The number of benzene rings is 2.